The summed E-state index contributed by atoms with van der Waals surface area (Å²) >= 11 is 1.54. The van der Waals surface area contributed by atoms with Crippen LogP contribution in [-0.2, 0) is 15.1 Å². The first-order valence-corrected chi connectivity index (χ1v) is 8.83. The Morgan fingerprint density at radius 2 is 2.16 bits per heavy atom. The van der Waals surface area contributed by atoms with Gasteiger partial charge < -0.3 is 9.51 Å². The molecule has 2 aromatic rings. The van der Waals surface area contributed by atoms with Crippen molar-refractivity contribution in [3.05, 3.63) is 48.2 Å². The molecule has 1 saturated heterocycles. The van der Waals surface area contributed by atoms with Crippen LogP contribution in [0.2, 0.25) is 0 Å². The molecule has 0 bridgehead atoms. The number of amides is 1. The first kappa shape index (κ1) is 15.9. The molecule has 1 amide bonds. The van der Waals surface area contributed by atoms with Crippen LogP contribution < -0.4 is 4.57 Å². The molecule has 4 rings (SSSR count). The number of hydrogen-bond acceptors (Lipinski definition) is 4. The summed E-state index contributed by atoms with van der Waals surface area (Å²) in [6.07, 6.45) is 6.91. The van der Waals surface area contributed by atoms with Gasteiger partial charge in [0.05, 0.1) is 11.9 Å². The second-order valence-electron chi connectivity index (χ2n) is 6.31. The fourth-order valence-electron chi connectivity index (χ4n) is 3.49. The zero-order chi connectivity index (χ0) is 17.9. The molecule has 0 radical (unpaired) electrons. The Hall–Kier alpha value is -2.61. The SMILES string of the molecule is CC(=O)c1ccc2c[n+](C3(C)C(=O)N4C(C(=O)O)=CCS[C@H]43)ccn12. The van der Waals surface area contributed by atoms with Crippen LogP contribution >= 0.6 is 11.8 Å². The molecule has 0 aromatic carbocycles. The van der Waals surface area contributed by atoms with Crippen LogP contribution in [0.1, 0.15) is 24.3 Å². The van der Waals surface area contributed by atoms with Crippen LogP contribution in [-0.4, -0.2) is 43.2 Å². The van der Waals surface area contributed by atoms with Gasteiger partial charge in [0.15, 0.2) is 23.6 Å². The largest absolute Gasteiger partial charge is 0.477 e. The Kier molecular flexibility index (Phi) is 3.30. The quantitative estimate of drug-likeness (QED) is 0.503. The second kappa shape index (κ2) is 5.19. The van der Waals surface area contributed by atoms with Crippen molar-refractivity contribution in [1.29, 1.82) is 0 Å². The number of carboxylic acid groups (broad SMARTS) is 1. The summed E-state index contributed by atoms with van der Waals surface area (Å²) in [5.74, 6) is -0.813. The number of fused-ring (bicyclic) bond motifs is 2. The van der Waals surface area contributed by atoms with E-state index in [4.69, 9.17) is 0 Å². The molecule has 2 atom stereocenters. The number of carboxylic acids is 1. The zero-order valence-corrected chi connectivity index (χ0v) is 14.5. The van der Waals surface area contributed by atoms with E-state index >= 15 is 0 Å². The van der Waals surface area contributed by atoms with Crippen LogP contribution in [0.3, 0.4) is 0 Å². The van der Waals surface area contributed by atoms with Crippen molar-refractivity contribution in [3.8, 4) is 0 Å². The normalized spacial score (nSPS) is 25.4. The first-order chi connectivity index (χ1) is 11.9. The van der Waals surface area contributed by atoms with Crippen molar-refractivity contribution in [2.24, 2.45) is 0 Å². The molecule has 2 aliphatic rings. The van der Waals surface area contributed by atoms with Crippen LogP contribution in [0.4, 0.5) is 0 Å². The third-order valence-corrected chi connectivity index (χ3v) is 6.22. The number of Topliss-reactive ketones (excluding diaryl/α,β-unsaturated/α-hetero) is 1. The number of aromatic nitrogens is 2. The molecule has 0 spiro atoms. The minimum absolute atomic E-state index is 0.0334. The van der Waals surface area contributed by atoms with Crippen molar-refractivity contribution in [1.82, 2.24) is 9.30 Å². The van der Waals surface area contributed by atoms with Gasteiger partial charge >= 0.3 is 11.9 Å². The summed E-state index contributed by atoms with van der Waals surface area (Å²) in [6, 6.07) is 3.58. The topological polar surface area (TPSA) is 83.0 Å². The number of carbonyl (C=O) groups is 3. The number of rotatable bonds is 3. The fourth-order valence-corrected chi connectivity index (χ4v) is 4.84. The summed E-state index contributed by atoms with van der Waals surface area (Å²) in [6.45, 7) is 3.33. The van der Waals surface area contributed by atoms with Gasteiger partial charge in [-0.1, -0.05) is 0 Å². The predicted octanol–water partition coefficient (Wildman–Crippen LogP) is 1.03. The van der Waals surface area contributed by atoms with Gasteiger partial charge in [0.1, 0.15) is 11.2 Å². The number of thioether (sulfide) groups is 1. The van der Waals surface area contributed by atoms with E-state index in [9.17, 15) is 19.5 Å². The smallest absolute Gasteiger partial charge is 0.352 e. The highest BCUT2D eigenvalue weighted by Gasteiger charge is 2.68. The first-order valence-electron chi connectivity index (χ1n) is 7.78. The lowest BCUT2D eigenvalue weighted by Crippen LogP contribution is -2.80. The Bertz CT molecular complexity index is 979. The van der Waals surface area contributed by atoms with E-state index in [-0.39, 0.29) is 22.8 Å². The minimum atomic E-state index is -1.08. The van der Waals surface area contributed by atoms with Crippen LogP contribution in [0, 0.1) is 0 Å². The number of carbonyl (C=O) groups excluding carboxylic acids is 2. The van der Waals surface area contributed by atoms with Crippen LogP contribution in [0.5, 0.6) is 0 Å². The van der Waals surface area contributed by atoms with Gasteiger partial charge in [0.2, 0.25) is 0 Å². The van der Waals surface area contributed by atoms with Crippen LogP contribution in [0.15, 0.2) is 42.5 Å². The summed E-state index contributed by atoms with van der Waals surface area (Å²) < 4.78 is 3.59. The van der Waals surface area contributed by atoms with E-state index in [1.807, 2.05) is 23.8 Å². The van der Waals surface area contributed by atoms with Crippen molar-refractivity contribution in [2.45, 2.75) is 24.8 Å². The van der Waals surface area contributed by atoms with Crippen molar-refractivity contribution in [3.63, 3.8) is 0 Å². The number of nitrogens with zero attached hydrogens (tertiary/aromatic N) is 3. The summed E-state index contributed by atoms with van der Waals surface area (Å²) in [5.41, 5.74) is 0.573. The van der Waals surface area contributed by atoms with E-state index in [2.05, 4.69) is 0 Å². The molecule has 25 heavy (non-hydrogen) atoms. The van der Waals surface area contributed by atoms with Gasteiger partial charge in [-0.15, -0.1) is 11.8 Å². The number of aliphatic carboxylic acids is 1. The molecule has 8 heteroatoms. The fraction of sp³-hybridized carbons (Fsp3) is 0.294. The lowest BCUT2D eigenvalue weighted by molar-refractivity contribution is -0.755. The Morgan fingerprint density at radius 1 is 1.40 bits per heavy atom. The number of hydrogen-bond donors (Lipinski definition) is 1. The van der Waals surface area contributed by atoms with Crippen LogP contribution in [0.25, 0.3) is 5.52 Å². The Morgan fingerprint density at radius 3 is 2.84 bits per heavy atom. The minimum Gasteiger partial charge on any atom is -0.477 e. The Balaban J connectivity index is 1.76. The van der Waals surface area contributed by atoms with Gasteiger partial charge in [0.25, 0.3) is 5.54 Å². The average Bonchev–Trinajstić information content (AvgIpc) is 3.03. The molecule has 0 saturated carbocycles. The molecular formula is C17H16N3O4S+. The summed E-state index contributed by atoms with van der Waals surface area (Å²) in [7, 11) is 0. The van der Waals surface area contributed by atoms with Crippen molar-refractivity contribution >= 4 is 34.9 Å². The average molecular weight is 358 g/mol. The number of β-lactam (4-membered cyclic amide) rings is 1. The molecule has 2 aliphatic heterocycles. The maximum atomic E-state index is 12.8. The van der Waals surface area contributed by atoms with Gasteiger partial charge in [-0.2, -0.15) is 4.57 Å². The molecular weight excluding hydrogens is 342 g/mol. The predicted molar refractivity (Wildman–Crippen MR) is 90.1 cm³/mol. The highest BCUT2D eigenvalue weighted by molar-refractivity contribution is 8.00. The molecule has 7 nitrogen and oxygen atoms in total. The van der Waals surface area contributed by atoms with Gasteiger partial charge in [-0.3, -0.25) is 14.5 Å². The highest BCUT2D eigenvalue weighted by atomic mass is 32.2. The monoisotopic (exact) mass is 358 g/mol. The van der Waals surface area contributed by atoms with Crippen molar-refractivity contribution in [2.75, 3.05) is 5.75 Å². The zero-order valence-electron chi connectivity index (χ0n) is 13.7. The molecule has 2 aromatic heterocycles. The molecule has 1 unspecified atom stereocenters. The molecule has 4 heterocycles. The van der Waals surface area contributed by atoms with Crippen molar-refractivity contribution < 1.29 is 24.1 Å². The van der Waals surface area contributed by atoms with E-state index in [1.165, 1.54) is 23.6 Å². The lowest BCUT2D eigenvalue weighted by atomic mass is 9.88. The number of ketones is 1. The maximum absolute atomic E-state index is 12.8. The van der Waals surface area contributed by atoms with E-state index in [0.717, 1.165) is 5.52 Å². The maximum Gasteiger partial charge on any atom is 0.352 e. The second-order valence-corrected chi connectivity index (χ2v) is 7.42. The molecule has 128 valence electrons. The van der Waals surface area contributed by atoms with Gasteiger partial charge in [-0.25, -0.2) is 4.79 Å². The van der Waals surface area contributed by atoms with Gasteiger partial charge in [-0.05, 0) is 18.2 Å². The van der Waals surface area contributed by atoms with E-state index in [0.29, 0.717) is 11.4 Å². The summed E-state index contributed by atoms with van der Waals surface area (Å²) in [5, 5.41) is 9.03. The lowest BCUT2D eigenvalue weighted by Gasteiger charge is -2.50. The highest BCUT2D eigenvalue weighted by Crippen LogP contribution is 2.45. The molecule has 1 fully saturated rings. The molecule has 0 aliphatic carbocycles. The Labute approximate surface area is 147 Å². The van der Waals surface area contributed by atoms with E-state index in [1.54, 1.807) is 28.9 Å². The third kappa shape index (κ3) is 2.00. The third-order valence-electron chi connectivity index (χ3n) is 4.87. The standard InChI is InChI=1S/C17H15N3O4S/c1-10(21)12-4-3-11-9-18(6-7-19(11)12)17(2)15(24)20-13(14(22)23)5-8-25-16(17)20/h3-7,9,16H,8H2,1-2H3/p+1/t16-,17?/m0/s1. The summed E-state index contributed by atoms with van der Waals surface area (Å²) in [4.78, 5) is 37.2. The van der Waals surface area contributed by atoms with Gasteiger partial charge in [0, 0.05) is 19.6 Å². The molecule has 1 N–H and O–H groups in total. The van der Waals surface area contributed by atoms with E-state index < -0.39 is 11.5 Å².